The largest absolute Gasteiger partial charge is 0.497 e. The summed E-state index contributed by atoms with van der Waals surface area (Å²) in [4.78, 5) is 0. The number of methoxy groups -OCH3 is 2. The maximum Gasteiger partial charge on any atom is 0.118 e. The first-order valence-electron chi connectivity index (χ1n) is 17.9. The molecule has 0 saturated heterocycles. The first-order valence-corrected chi connectivity index (χ1v) is 17.9. The fourth-order valence-corrected chi connectivity index (χ4v) is 5.25. The summed E-state index contributed by atoms with van der Waals surface area (Å²) in [5.41, 5.74) is 2.20. The zero-order valence-corrected chi connectivity index (χ0v) is 31.8. The summed E-state index contributed by atoms with van der Waals surface area (Å²) >= 11 is 0. The number of hydrogen-bond donors (Lipinski definition) is 1. The van der Waals surface area contributed by atoms with Gasteiger partial charge in [-0.2, -0.15) is 0 Å². The van der Waals surface area contributed by atoms with Crippen molar-refractivity contribution < 1.29 is 28.8 Å². The van der Waals surface area contributed by atoms with E-state index in [1.54, 1.807) is 14.2 Å². The van der Waals surface area contributed by atoms with Crippen molar-refractivity contribution in [2.75, 3.05) is 20.8 Å². The third kappa shape index (κ3) is 17.7. The summed E-state index contributed by atoms with van der Waals surface area (Å²) in [6.07, 6.45) is 7.46. The molecule has 6 heteroatoms. The molecule has 0 bridgehead atoms. The van der Waals surface area contributed by atoms with E-state index in [-0.39, 0.29) is 24.2 Å². The topological polar surface area (TPSA) is 66.4 Å². The number of hydrogen-bond acceptors (Lipinski definition) is 6. The summed E-state index contributed by atoms with van der Waals surface area (Å²) in [5, 5.41) is 10.4. The van der Waals surface area contributed by atoms with Gasteiger partial charge in [-0.1, -0.05) is 90.8 Å². The Morgan fingerprint density at radius 3 is 1.35 bits per heavy atom. The lowest BCUT2D eigenvalue weighted by Crippen LogP contribution is -2.36. The van der Waals surface area contributed by atoms with Crippen LogP contribution in [0.25, 0.3) is 0 Å². The Labute approximate surface area is 293 Å². The minimum atomic E-state index is -0.519. The molecule has 0 spiro atoms. The second kappa shape index (κ2) is 24.5. The van der Waals surface area contributed by atoms with Crippen LogP contribution >= 0.6 is 0 Å². The highest BCUT2D eigenvalue weighted by molar-refractivity contribution is 5.27. The van der Waals surface area contributed by atoms with Crippen molar-refractivity contribution in [3.05, 3.63) is 85.0 Å². The van der Waals surface area contributed by atoms with Crippen LogP contribution in [0.2, 0.25) is 0 Å². The van der Waals surface area contributed by atoms with Gasteiger partial charge in [0.1, 0.15) is 11.5 Å². The molecule has 48 heavy (non-hydrogen) atoms. The fraction of sp³-hybridized carbons (Fsp3) is 0.619. The lowest BCUT2D eigenvalue weighted by molar-refractivity contribution is -0.0953. The second-order valence-corrected chi connectivity index (χ2v) is 14.2. The van der Waals surface area contributed by atoms with Gasteiger partial charge in [0.25, 0.3) is 0 Å². The Bertz CT molecular complexity index is 1090. The van der Waals surface area contributed by atoms with E-state index >= 15 is 0 Å². The first-order chi connectivity index (χ1) is 22.8. The summed E-state index contributed by atoms with van der Waals surface area (Å²) in [6.45, 7) is 27.0. The Hall–Kier alpha value is -2.64. The van der Waals surface area contributed by atoms with Crippen molar-refractivity contribution in [1.82, 2.24) is 0 Å². The highest BCUT2D eigenvalue weighted by atomic mass is 16.5. The standard InChI is InChI=1S/C23H38O3.C19H30O3/c1-8-21(12-9-17(2)3)23(26-15-18(4)5)19(6)25-16-20-10-13-22(24-7)14-11-20;1-6-17(10-7-14(2)3)19(20)15(4)22-13-16-8-11-18(21-5)12-9-16/h8,10-11,13-14,17-19,21,23H,1,9,12,15-16H2,2-7H3;6,8-9,11-12,14-15,17,19-20H,1,7,10,13H2,2-5H3/t19-,21+,23-;15-,17+,19-/m00/s1. The SMILES string of the molecule is C=C[C@H](CCC(C)C)[C@@H](O)[C@H](C)OCc1ccc(OC)cc1.C=C[C@H](CCC(C)C)[C@@H](OCC(C)C)[C@H](C)OCc1ccc(OC)cc1. The van der Waals surface area contributed by atoms with Gasteiger partial charge < -0.3 is 28.8 Å². The van der Waals surface area contributed by atoms with E-state index in [1.165, 1.54) is 6.42 Å². The molecule has 1 N–H and O–H groups in total. The van der Waals surface area contributed by atoms with Gasteiger partial charge in [-0.3, -0.25) is 0 Å². The quantitative estimate of drug-likeness (QED) is 0.119. The molecule has 0 unspecified atom stereocenters. The number of ether oxygens (including phenoxy) is 5. The van der Waals surface area contributed by atoms with Crippen LogP contribution in [-0.2, 0) is 27.4 Å². The Balaban J connectivity index is 0.000000487. The molecule has 6 atom stereocenters. The van der Waals surface area contributed by atoms with Gasteiger partial charge in [0.2, 0.25) is 0 Å². The van der Waals surface area contributed by atoms with E-state index in [0.717, 1.165) is 48.5 Å². The molecule has 2 aromatic rings. The molecule has 2 aromatic carbocycles. The maximum atomic E-state index is 10.4. The van der Waals surface area contributed by atoms with Crippen LogP contribution in [0.4, 0.5) is 0 Å². The van der Waals surface area contributed by atoms with E-state index in [0.29, 0.717) is 36.9 Å². The number of aliphatic hydroxyl groups is 1. The molecule has 0 radical (unpaired) electrons. The van der Waals surface area contributed by atoms with Crippen molar-refractivity contribution in [3.8, 4) is 11.5 Å². The normalized spacial score (nSPS) is 15.2. The summed E-state index contributed by atoms with van der Waals surface area (Å²) < 4.78 is 28.6. The van der Waals surface area contributed by atoms with Crippen LogP contribution in [0.1, 0.15) is 92.2 Å². The predicted molar refractivity (Wildman–Crippen MR) is 201 cm³/mol. The highest BCUT2D eigenvalue weighted by Crippen LogP contribution is 2.25. The molecule has 0 aliphatic rings. The zero-order valence-electron chi connectivity index (χ0n) is 31.8. The summed E-state index contributed by atoms with van der Waals surface area (Å²) in [6, 6.07) is 15.8. The number of benzene rings is 2. The molecular weight excluding hydrogens is 600 g/mol. The Morgan fingerprint density at radius 1 is 0.562 bits per heavy atom. The lowest BCUT2D eigenvalue weighted by atomic mass is 9.90. The van der Waals surface area contributed by atoms with E-state index in [1.807, 2.05) is 67.6 Å². The smallest absolute Gasteiger partial charge is 0.118 e. The van der Waals surface area contributed by atoms with Crippen LogP contribution in [0.3, 0.4) is 0 Å². The van der Waals surface area contributed by atoms with Crippen LogP contribution in [-0.4, -0.2) is 50.3 Å². The molecule has 6 nitrogen and oxygen atoms in total. The lowest BCUT2D eigenvalue weighted by Gasteiger charge is -2.31. The van der Waals surface area contributed by atoms with Gasteiger partial charge in [0.15, 0.2) is 0 Å². The minimum Gasteiger partial charge on any atom is -0.497 e. The van der Waals surface area contributed by atoms with Crippen LogP contribution < -0.4 is 9.47 Å². The molecule has 0 aliphatic heterocycles. The minimum absolute atomic E-state index is 0.00557. The van der Waals surface area contributed by atoms with Crippen molar-refractivity contribution >= 4 is 0 Å². The van der Waals surface area contributed by atoms with E-state index in [9.17, 15) is 5.11 Å². The third-order valence-electron chi connectivity index (χ3n) is 8.53. The van der Waals surface area contributed by atoms with Gasteiger partial charge in [-0.15, -0.1) is 13.2 Å². The average Bonchev–Trinajstić information content (AvgIpc) is 3.08. The summed E-state index contributed by atoms with van der Waals surface area (Å²) in [7, 11) is 3.33. The molecule has 0 fully saturated rings. The monoisotopic (exact) mass is 669 g/mol. The van der Waals surface area contributed by atoms with Gasteiger partial charge in [0.05, 0.1) is 51.8 Å². The van der Waals surface area contributed by atoms with Gasteiger partial charge in [-0.05, 0) is 79.8 Å². The third-order valence-corrected chi connectivity index (χ3v) is 8.53. The second-order valence-electron chi connectivity index (χ2n) is 14.2. The van der Waals surface area contributed by atoms with Crippen LogP contribution in [0.15, 0.2) is 73.8 Å². The van der Waals surface area contributed by atoms with Gasteiger partial charge >= 0.3 is 0 Å². The first kappa shape index (κ1) is 43.4. The van der Waals surface area contributed by atoms with Crippen molar-refractivity contribution in [2.45, 2.75) is 119 Å². The van der Waals surface area contributed by atoms with E-state index in [2.05, 4.69) is 61.6 Å². The fourth-order valence-electron chi connectivity index (χ4n) is 5.25. The van der Waals surface area contributed by atoms with E-state index in [4.69, 9.17) is 23.7 Å². The molecule has 0 amide bonds. The molecule has 2 rings (SSSR count). The van der Waals surface area contributed by atoms with Gasteiger partial charge in [-0.25, -0.2) is 0 Å². The zero-order chi connectivity index (χ0) is 36.1. The summed E-state index contributed by atoms with van der Waals surface area (Å²) in [5.74, 6) is 3.89. The Morgan fingerprint density at radius 2 is 0.979 bits per heavy atom. The van der Waals surface area contributed by atoms with Crippen LogP contribution in [0.5, 0.6) is 11.5 Å². The van der Waals surface area contributed by atoms with Crippen molar-refractivity contribution in [3.63, 3.8) is 0 Å². The van der Waals surface area contributed by atoms with Crippen molar-refractivity contribution in [1.29, 1.82) is 0 Å². The molecule has 0 aliphatic carbocycles. The number of rotatable bonds is 23. The number of aliphatic hydroxyl groups excluding tert-OH is 1. The Kier molecular flexibility index (Phi) is 22.1. The molecule has 0 aromatic heterocycles. The molecular formula is C42H68O6. The van der Waals surface area contributed by atoms with Gasteiger partial charge in [0, 0.05) is 18.4 Å². The maximum absolute atomic E-state index is 10.4. The molecule has 0 heterocycles. The predicted octanol–water partition coefficient (Wildman–Crippen LogP) is 10.1. The van der Waals surface area contributed by atoms with Crippen molar-refractivity contribution in [2.24, 2.45) is 29.6 Å². The molecule has 272 valence electrons. The van der Waals surface area contributed by atoms with E-state index < -0.39 is 6.10 Å². The highest BCUT2D eigenvalue weighted by Gasteiger charge is 2.27. The molecule has 0 saturated carbocycles. The average molecular weight is 669 g/mol. The van der Waals surface area contributed by atoms with Crippen LogP contribution in [0, 0.1) is 29.6 Å².